The minimum atomic E-state index is -0.133. The van der Waals surface area contributed by atoms with E-state index in [1.165, 1.54) is 0 Å². The van der Waals surface area contributed by atoms with Crippen LogP contribution in [0.15, 0.2) is 54.6 Å². The lowest BCUT2D eigenvalue weighted by atomic mass is 9.86. The van der Waals surface area contributed by atoms with E-state index in [0.29, 0.717) is 6.04 Å². The van der Waals surface area contributed by atoms with E-state index in [9.17, 15) is 13.2 Å². The van der Waals surface area contributed by atoms with Crippen LogP contribution >= 0.6 is 0 Å². The lowest BCUT2D eigenvalue weighted by Gasteiger charge is -2.37. The zero-order valence-electron chi connectivity index (χ0n) is 39.0. The topological polar surface area (TPSA) is 28.2 Å². The molecule has 59 heavy (non-hydrogen) atoms. The first-order valence-electron chi connectivity index (χ1n) is 22.3. The van der Waals surface area contributed by atoms with Gasteiger partial charge in [0.2, 0.25) is 0 Å². The van der Waals surface area contributed by atoms with Crippen LogP contribution in [-0.2, 0) is 35.9 Å². The van der Waals surface area contributed by atoms with Crippen molar-refractivity contribution >= 4 is 0 Å². The summed E-state index contributed by atoms with van der Waals surface area (Å²) < 4.78 is 42.5. The molecule has 0 saturated carbocycles. The molecule has 3 aliphatic heterocycles. The lowest BCUT2D eigenvalue weighted by Crippen LogP contribution is -2.48. The van der Waals surface area contributed by atoms with Crippen molar-refractivity contribution < 1.29 is 13.2 Å². The van der Waals surface area contributed by atoms with Gasteiger partial charge in [0, 0.05) is 104 Å². The number of hydrogen-bond donors (Lipinski definition) is 1. The summed E-state index contributed by atoms with van der Waals surface area (Å²) in [4.78, 5) is 12.2. The quantitative estimate of drug-likeness (QED) is 0.244. The maximum atomic E-state index is 14.2. The number of nitrogens with one attached hydrogen (secondary N) is 1. The molecule has 0 bridgehead atoms. The molecule has 6 rings (SSSR count). The molecule has 3 fully saturated rings. The van der Waals surface area contributed by atoms with Crippen LogP contribution in [-0.4, -0.2) is 116 Å². The molecule has 3 aromatic rings. The second-order valence-corrected chi connectivity index (χ2v) is 20.3. The van der Waals surface area contributed by atoms with Crippen LogP contribution in [0.3, 0.4) is 0 Å². The SMILES string of the molecule is CC(C)(C)c1ccc(CN2CCNCC2)cc1F.CC(C)N1CCN(Cc2ccc(C(C)(C)C)c(F)c2)CC1.CCN1CCN(Cc2ccc(C(C)(C)C)c(F)c2)CC1. The predicted octanol–water partition coefficient (Wildman–Crippen LogP) is 9.44. The summed E-state index contributed by atoms with van der Waals surface area (Å²) in [7, 11) is 0. The number of hydrogen-bond acceptors (Lipinski definition) is 6. The van der Waals surface area contributed by atoms with Crippen LogP contribution in [0, 0.1) is 17.5 Å². The summed E-state index contributed by atoms with van der Waals surface area (Å²) in [6.45, 7) is 41.7. The van der Waals surface area contributed by atoms with Gasteiger partial charge in [0.05, 0.1) is 0 Å². The Morgan fingerprint density at radius 3 is 1.07 bits per heavy atom. The molecule has 0 spiro atoms. The first kappa shape index (κ1) is 48.9. The van der Waals surface area contributed by atoms with Gasteiger partial charge in [0.15, 0.2) is 0 Å². The number of benzene rings is 3. The highest BCUT2D eigenvalue weighted by Crippen LogP contribution is 2.28. The Labute approximate surface area is 357 Å². The van der Waals surface area contributed by atoms with Crippen molar-refractivity contribution in [1.82, 2.24) is 29.8 Å². The van der Waals surface area contributed by atoms with Crippen molar-refractivity contribution in [2.24, 2.45) is 0 Å². The Kier molecular flexibility index (Phi) is 18.1. The molecule has 0 atom stereocenters. The maximum absolute atomic E-state index is 14.2. The van der Waals surface area contributed by atoms with Gasteiger partial charge in [-0.1, -0.05) is 106 Å². The zero-order valence-corrected chi connectivity index (χ0v) is 39.0. The third-order valence-electron chi connectivity index (χ3n) is 12.0. The summed E-state index contributed by atoms with van der Waals surface area (Å²) in [6, 6.07) is 17.8. The van der Waals surface area contributed by atoms with Crippen molar-refractivity contribution in [3.63, 3.8) is 0 Å². The summed E-state index contributed by atoms with van der Waals surface area (Å²) in [5, 5.41) is 3.33. The van der Waals surface area contributed by atoms with E-state index < -0.39 is 0 Å². The van der Waals surface area contributed by atoms with Crippen LogP contribution in [0.1, 0.15) is 116 Å². The number of piperazine rings is 3. The molecule has 330 valence electrons. The van der Waals surface area contributed by atoms with E-state index in [2.05, 4.69) is 110 Å². The number of nitrogens with zero attached hydrogens (tertiary/aromatic N) is 5. The predicted molar refractivity (Wildman–Crippen MR) is 243 cm³/mol. The molecular formula is C50H79F3N6. The second-order valence-electron chi connectivity index (χ2n) is 20.3. The Balaban J connectivity index is 0.000000196. The highest BCUT2D eigenvalue weighted by atomic mass is 19.1. The van der Waals surface area contributed by atoms with Gasteiger partial charge in [0.1, 0.15) is 17.5 Å². The molecule has 3 aromatic carbocycles. The van der Waals surface area contributed by atoms with Crippen LogP contribution in [0.4, 0.5) is 13.2 Å². The maximum Gasteiger partial charge on any atom is 0.127 e. The van der Waals surface area contributed by atoms with Crippen molar-refractivity contribution in [2.45, 2.75) is 125 Å². The van der Waals surface area contributed by atoms with Gasteiger partial charge < -0.3 is 10.2 Å². The molecule has 0 amide bonds. The number of likely N-dealkylation sites (N-methyl/N-ethyl adjacent to an activating group) is 1. The van der Waals surface area contributed by atoms with Crippen LogP contribution in [0.5, 0.6) is 0 Å². The highest BCUT2D eigenvalue weighted by molar-refractivity contribution is 5.31. The standard InChI is InChI=1S/C18H29FN2.C17H27FN2.C15H23FN2/c1-14(2)21-10-8-20(9-11-21)13-15-6-7-16(17(19)12-15)18(3,4)5;1-5-19-8-10-20(11-9-19)13-14-6-7-15(16(18)12-14)17(2,3)4;1-15(2,3)13-5-4-12(10-14(13)16)11-18-8-6-17-7-9-18/h6-7,12,14H,8-11,13H2,1-5H3;6-7,12H,5,8-11,13H2,1-4H3;4-5,10,17H,6-9,11H2,1-3H3. The first-order valence-corrected chi connectivity index (χ1v) is 22.3. The van der Waals surface area contributed by atoms with Crippen LogP contribution < -0.4 is 5.32 Å². The molecule has 0 aromatic heterocycles. The molecule has 3 saturated heterocycles. The second kappa shape index (κ2) is 21.8. The average Bonchev–Trinajstić information content (AvgIpc) is 3.15. The largest absolute Gasteiger partial charge is 0.314 e. The minimum absolute atomic E-state index is 0.0674. The van der Waals surface area contributed by atoms with Gasteiger partial charge in [-0.25, -0.2) is 13.2 Å². The van der Waals surface area contributed by atoms with E-state index in [1.807, 2.05) is 39.0 Å². The Morgan fingerprint density at radius 1 is 0.475 bits per heavy atom. The number of halogens is 3. The normalized spacial score (nSPS) is 18.3. The third-order valence-corrected chi connectivity index (χ3v) is 12.0. The molecule has 6 nitrogen and oxygen atoms in total. The van der Waals surface area contributed by atoms with E-state index in [-0.39, 0.29) is 33.7 Å². The van der Waals surface area contributed by atoms with E-state index in [4.69, 9.17) is 0 Å². The van der Waals surface area contributed by atoms with Gasteiger partial charge in [-0.2, -0.15) is 0 Å². The molecule has 1 N–H and O–H groups in total. The summed E-state index contributed by atoms with van der Waals surface area (Å²) in [5.41, 5.74) is 5.25. The molecule has 3 aliphatic rings. The van der Waals surface area contributed by atoms with Gasteiger partial charge in [-0.3, -0.25) is 19.6 Å². The fourth-order valence-corrected chi connectivity index (χ4v) is 8.14. The molecular weight excluding hydrogens is 742 g/mol. The van der Waals surface area contributed by atoms with Gasteiger partial charge in [-0.05, 0) is 88.2 Å². The first-order chi connectivity index (χ1) is 27.6. The lowest BCUT2D eigenvalue weighted by molar-refractivity contribution is 0.104. The number of rotatable bonds is 8. The zero-order chi connectivity index (χ0) is 43.5. The van der Waals surface area contributed by atoms with Gasteiger partial charge >= 0.3 is 0 Å². The van der Waals surface area contributed by atoms with Crippen molar-refractivity contribution in [3.05, 3.63) is 105 Å². The van der Waals surface area contributed by atoms with Crippen LogP contribution in [0.25, 0.3) is 0 Å². The van der Waals surface area contributed by atoms with E-state index in [1.54, 1.807) is 18.2 Å². The van der Waals surface area contributed by atoms with Crippen molar-refractivity contribution in [2.75, 3.05) is 85.1 Å². The summed E-state index contributed by atoms with van der Waals surface area (Å²) >= 11 is 0. The Morgan fingerprint density at radius 2 is 0.780 bits per heavy atom. The Hall–Kier alpha value is -2.79. The molecule has 3 heterocycles. The summed E-state index contributed by atoms with van der Waals surface area (Å²) in [5.74, 6) is -0.210. The van der Waals surface area contributed by atoms with Gasteiger partial charge in [0.25, 0.3) is 0 Å². The fourth-order valence-electron chi connectivity index (χ4n) is 8.14. The van der Waals surface area contributed by atoms with Gasteiger partial charge in [-0.15, -0.1) is 0 Å². The van der Waals surface area contributed by atoms with E-state index in [0.717, 1.165) is 138 Å². The molecule has 0 unspecified atom stereocenters. The minimum Gasteiger partial charge on any atom is -0.314 e. The molecule has 0 radical (unpaired) electrons. The third kappa shape index (κ3) is 15.6. The average molecular weight is 821 g/mol. The smallest absolute Gasteiger partial charge is 0.127 e. The molecule has 9 heteroatoms. The highest BCUT2D eigenvalue weighted by Gasteiger charge is 2.23. The monoisotopic (exact) mass is 821 g/mol. The van der Waals surface area contributed by atoms with Crippen molar-refractivity contribution in [3.8, 4) is 0 Å². The summed E-state index contributed by atoms with van der Waals surface area (Å²) in [6.07, 6.45) is 0. The Bertz CT molecular complexity index is 1720. The fraction of sp³-hybridized carbons (Fsp3) is 0.640. The van der Waals surface area contributed by atoms with Crippen molar-refractivity contribution in [1.29, 1.82) is 0 Å². The van der Waals surface area contributed by atoms with Crippen LogP contribution in [0.2, 0.25) is 0 Å². The molecule has 0 aliphatic carbocycles. The van der Waals surface area contributed by atoms with E-state index >= 15 is 0 Å².